The first-order chi connectivity index (χ1) is 11.0. The lowest BCUT2D eigenvalue weighted by molar-refractivity contribution is -0.118. The minimum absolute atomic E-state index is 0.159. The summed E-state index contributed by atoms with van der Waals surface area (Å²) < 4.78 is 6.77. The van der Waals surface area contributed by atoms with Crippen LogP contribution in [0.2, 0.25) is 5.02 Å². The molecule has 0 heterocycles. The molecule has 0 spiro atoms. The Morgan fingerprint density at radius 1 is 1.26 bits per heavy atom. The van der Waals surface area contributed by atoms with Gasteiger partial charge in [0.05, 0.1) is 15.2 Å². The molecule has 120 valence electrons. The predicted octanol–water partition coefficient (Wildman–Crippen LogP) is 4.69. The smallest absolute Gasteiger partial charge is 0.262 e. The lowest BCUT2D eigenvalue weighted by Gasteiger charge is -2.11. The first-order valence-corrected chi connectivity index (χ1v) is 8.30. The van der Waals surface area contributed by atoms with Gasteiger partial charge in [-0.15, -0.1) is 0 Å². The van der Waals surface area contributed by atoms with Crippen LogP contribution in [-0.2, 0) is 4.79 Å². The Morgan fingerprint density at radius 2 is 1.87 bits per heavy atom. The molecule has 5 nitrogen and oxygen atoms in total. The summed E-state index contributed by atoms with van der Waals surface area (Å²) in [5.41, 5.74) is 1.31. The number of anilines is 1. The van der Waals surface area contributed by atoms with Gasteiger partial charge in [0.1, 0.15) is 5.75 Å². The summed E-state index contributed by atoms with van der Waals surface area (Å²) in [6.45, 7) is -0.159. The van der Waals surface area contributed by atoms with Gasteiger partial charge in [0.25, 0.3) is 5.91 Å². The average molecular weight is 463 g/mol. The topological polar surface area (TPSA) is 70.9 Å². The SMILES string of the molecule is O=C(COc1c(Br)cc(/C=N\O)cc1Br)Nc1ccc(Cl)cc1. The second-order valence-corrected chi connectivity index (χ2v) is 6.55. The zero-order valence-electron chi connectivity index (χ0n) is 11.6. The molecule has 0 bridgehead atoms. The number of carbonyl (C=O) groups excluding carboxylic acids is 1. The van der Waals surface area contributed by atoms with Crippen LogP contribution in [-0.4, -0.2) is 23.9 Å². The maximum Gasteiger partial charge on any atom is 0.262 e. The van der Waals surface area contributed by atoms with Gasteiger partial charge in [0.2, 0.25) is 0 Å². The van der Waals surface area contributed by atoms with Gasteiger partial charge >= 0.3 is 0 Å². The van der Waals surface area contributed by atoms with Crippen molar-refractivity contribution in [1.82, 2.24) is 0 Å². The molecule has 2 rings (SSSR count). The van der Waals surface area contributed by atoms with Crippen LogP contribution in [0.15, 0.2) is 50.5 Å². The molecule has 2 aromatic carbocycles. The molecule has 0 atom stereocenters. The van der Waals surface area contributed by atoms with Crippen LogP contribution in [0.5, 0.6) is 5.75 Å². The van der Waals surface area contributed by atoms with E-state index in [2.05, 4.69) is 42.3 Å². The Bertz CT molecular complexity index is 713. The van der Waals surface area contributed by atoms with Crippen molar-refractivity contribution < 1.29 is 14.7 Å². The number of rotatable bonds is 5. The van der Waals surface area contributed by atoms with Crippen molar-refractivity contribution in [3.63, 3.8) is 0 Å². The molecule has 2 aromatic rings. The molecule has 1 amide bonds. The second-order valence-electron chi connectivity index (χ2n) is 4.40. The lowest BCUT2D eigenvalue weighted by Crippen LogP contribution is -2.20. The van der Waals surface area contributed by atoms with E-state index in [-0.39, 0.29) is 12.5 Å². The largest absolute Gasteiger partial charge is 0.481 e. The summed E-state index contributed by atoms with van der Waals surface area (Å²) in [5.74, 6) is 0.179. The number of nitrogens with one attached hydrogen (secondary N) is 1. The minimum Gasteiger partial charge on any atom is -0.481 e. The molecular weight excluding hydrogens is 451 g/mol. The van der Waals surface area contributed by atoms with E-state index < -0.39 is 0 Å². The number of amides is 1. The molecule has 0 aliphatic rings. The Hall–Kier alpha value is -1.57. The van der Waals surface area contributed by atoms with Crippen molar-refractivity contribution >= 4 is 61.3 Å². The normalized spacial score (nSPS) is 10.7. The summed E-state index contributed by atoms with van der Waals surface area (Å²) in [6.07, 6.45) is 1.28. The number of halogens is 3. The molecule has 0 unspecified atom stereocenters. The Kier molecular flexibility index (Phi) is 6.44. The van der Waals surface area contributed by atoms with Crippen LogP contribution in [0.1, 0.15) is 5.56 Å². The zero-order valence-corrected chi connectivity index (χ0v) is 15.5. The van der Waals surface area contributed by atoms with Crippen LogP contribution in [0, 0.1) is 0 Å². The number of benzene rings is 2. The van der Waals surface area contributed by atoms with Gasteiger partial charge in [-0.25, -0.2) is 0 Å². The molecule has 0 saturated carbocycles. The van der Waals surface area contributed by atoms with E-state index in [0.29, 0.717) is 31.0 Å². The number of carbonyl (C=O) groups is 1. The standard InChI is InChI=1S/C15H11Br2ClN2O3/c16-12-5-9(7-19-22)6-13(17)15(12)23-8-14(21)20-11-3-1-10(18)2-4-11/h1-7,22H,8H2,(H,20,21)/b19-7-. The molecule has 0 aromatic heterocycles. The molecule has 0 radical (unpaired) electrons. The van der Waals surface area contributed by atoms with Crippen molar-refractivity contribution in [2.75, 3.05) is 11.9 Å². The van der Waals surface area contributed by atoms with Gasteiger partial charge in [0.15, 0.2) is 6.61 Å². The fourth-order valence-electron chi connectivity index (χ4n) is 1.73. The number of hydrogen-bond donors (Lipinski definition) is 2. The molecule has 0 saturated heterocycles. The highest BCUT2D eigenvalue weighted by atomic mass is 79.9. The highest BCUT2D eigenvalue weighted by molar-refractivity contribution is 9.11. The van der Waals surface area contributed by atoms with Crippen LogP contribution < -0.4 is 10.1 Å². The highest BCUT2D eigenvalue weighted by Gasteiger charge is 2.11. The summed E-state index contributed by atoms with van der Waals surface area (Å²) >= 11 is 12.5. The van der Waals surface area contributed by atoms with E-state index in [4.69, 9.17) is 21.5 Å². The van der Waals surface area contributed by atoms with Crippen molar-refractivity contribution in [2.24, 2.45) is 5.16 Å². The quantitative estimate of drug-likeness (QED) is 0.385. The molecule has 8 heteroatoms. The molecule has 0 aliphatic heterocycles. The molecule has 2 N–H and O–H groups in total. The maximum absolute atomic E-state index is 11.9. The average Bonchev–Trinajstić information content (AvgIpc) is 2.49. The Morgan fingerprint density at radius 3 is 2.43 bits per heavy atom. The van der Waals surface area contributed by atoms with E-state index in [0.717, 1.165) is 0 Å². The van der Waals surface area contributed by atoms with Gasteiger partial charge in [-0.2, -0.15) is 0 Å². The summed E-state index contributed by atoms with van der Waals surface area (Å²) in [6, 6.07) is 10.2. The van der Waals surface area contributed by atoms with Crippen LogP contribution >= 0.6 is 43.5 Å². The van der Waals surface area contributed by atoms with Crippen LogP contribution in [0.3, 0.4) is 0 Å². The van der Waals surface area contributed by atoms with Gasteiger partial charge in [0, 0.05) is 10.7 Å². The predicted molar refractivity (Wildman–Crippen MR) is 96.8 cm³/mol. The number of nitrogens with zero attached hydrogens (tertiary/aromatic N) is 1. The van der Waals surface area contributed by atoms with Crippen molar-refractivity contribution in [3.05, 3.63) is 55.9 Å². The van der Waals surface area contributed by atoms with Crippen LogP contribution in [0.4, 0.5) is 5.69 Å². The molecule has 23 heavy (non-hydrogen) atoms. The number of hydrogen-bond acceptors (Lipinski definition) is 4. The van der Waals surface area contributed by atoms with Gasteiger partial charge in [-0.05, 0) is 73.8 Å². The highest BCUT2D eigenvalue weighted by Crippen LogP contribution is 2.34. The van der Waals surface area contributed by atoms with E-state index >= 15 is 0 Å². The van der Waals surface area contributed by atoms with Gasteiger partial charge in [-0.3, -0.25) is 4.79 Å². The molecule has 0 aliphatic carbocycles. The van der Waals surface area contributed by atoms with Gasteiger partial charge in [-0.1, -0.05) is 16.8 Å². The van der Waals surface area contributed by atoms with E-state index in [1.807, 2.05) is 0 Å². The van der Waals surface area contributed by atoms with E-state index in [9.17, 15) is 4.79 Å². The van der Waals surface area contributed by atoms with Crippen LogP contribution in [0.25, 0.3) is 0 Å². The molecule has 0 fully saturated rings. The third-order valence-corrected chi connectivity index (χ3v) is 4.13. The molecular formula is C15H11Br2ClN2O3. The van der Waals surface area contributed by atoms with Crippen molar-refractivity contribution in [3.8, 4) is 5.75 Å². The fourth-order valence-corrected chi connectivity index (χ4v) is 3.30. The summed E-state index contributed by atoms with van der Waals surface area (Å²) in [5, 5.41) is 14.8. The third-order valence-electron chi connectivity index (χ3n) is 2.70. The maximum atomic E-state index is 11.9. The number of oxime groups is 1. The van der Waals surface area contributed by atoms with Crippen molar-refractivity contribution in [2.45, 2.75) is 0 Å². The second kappa shape index (κ2) is 8.33. The third kappa shape index (κ3) is 5.23. The Labute approximate surface area is 154 Å². The number of ether oxygens (including phenoxy) is 1. The van der Waals surface area contributed by atoms with Gasteiger partial charge < -0.3 is 15.3 Å². The minimum atomic E-state index is -0.299. The summed E-state index contributed by atoms with van der Waals surface area (Å²) in [4.78, 5) is 11.9. The van der Waals surface area contributed by atoms with E-state index in [1.54, 1.807) is 36.4 Å². The Balaban J connectivity index is 2.00. The summed E-state index contributed by atoms with van der Waals surface area (Å²) in [7, 11) is 0. The lowest BCUT2D eigenvalue weighted by atomic mass is 10.2. The first kappa shape index (κ1) is 17.8. The fraction of sp³-hybridized carbons (Fsp3) is 0.0667. The van der Waals surface area contributed by atoms with E-state index in [1.165, 1.54) is 6.21 Å². The van der Waals surface area contributed by atoms with Crippen molar-refractivity contribution in [1.29, 1.82) is 0 Å². The first-order valence-electron chi connectivity index (χ1n) is 6.34. The zero-order chi connectivity index (χ0) is 16.8. The monoisotopic (exact) mass is 460 g/mol.